The zero-order valence-electron chi connectivity index (χ0n) is 35.1. The molecule has 62 heavy (non-hydrogen) atoms. The maximum atomic E-state index is 6.95. The third-order valence-electron chi connectivity index (χ3n) is 14.6. The van der Waals surface area contributed by atoms with Gasteiger partial charge in [0.1, 0.15) is 23.0 Å². The maximum Gasteiger partial charge on any atom is 0.252 e. The summed E-state index contributed by atoms with van der Waals surface area (Å²) in [5, 5.41) is 8.34. The molecule has 0 saturated carbocycles. The summed E-state index contributed by atoms with van der Waals surface area (Å²) in [5.41, 5.74) is 20.5. The molecule has 4 aliphatic heterocycles. The van der Waals surface area contributed by atoms with Gasteiger partial charge in [-0.25, -0.2) is 0 Å². The Balaban J connectivity index is 1.19. The lowest BCUT2D eigenvalue weighted by Crippen LogP contribution is -2.58. The molecule has 0 N–H and O–H groups in total. The van der Waals surface area contributed by atoms with Gasteiger partial charge in [0.05, 0.1) is 0 Å². The Hall–Kier alpha value is -7.03. The molecule has 4 heterocycles. The number of hydrogen-bond acceptors (Lipinski definition) is 2. The van der Waals surface area contributed by atoms with Crippen molar-refractivity contribution in [3.05, 3.63) is 169 Å². The molecule has 0 saturated heterocycles. The molecular weight excluding hydrogens is 750 g/mol. The SMILES string of the molecule is CC(C)c1cc2c3c(cc4c(C(C)C)cc5c6c(cc1c3c46)B1c3ccccc3Oc3cc(-c4ccccc4)cc-5c31)B1c3ccccc3Oc3cc(-c4ccccc4)cc-2c31. The molecule has 10 aromatic carbocycles. The fourth-order valence-corrected chi connectivity index (χ4v) is 12.0. The molecule has 0 amide bonds. The van der Waals surface area contributed by atoms with Crippen molar-refractivity contribution in [2.45, 2.75) is 39.5 Å². The normalized spacial score (nSPS) is 13.6. The Labute approximate surface area is 362 Å². The summed E-state index contributed by atoms with van der Waals surface area (Å²) in [6.45, 7) is 9.56. The van der Waals surface area contributed by atoms with Crippen LogP contribution in [0.5, 0.6) is 23.0 Å². The van der Waals surface area contributed by atoms with Crippen molar-refractivity contribution in [1.29, 1.82) is 0 Å². The molecule has 4 heteroatoms. The molecule has 0 bridgehead atoms. The lowest BCUT2D eigenvalue weighted by molar-refractivity contribution is 0.487. The van der Waals surface area contributed by atoms with Crippen molar-refractivity contribution in [2.75, 3.05) is 0 Å². The van der Waals surface area contributed by atoms with Gasteiger partial charge in [-0.3, -0.25) is 0 Å². The van der Waals surface area contributed by atoms with Gasteiger partial charge in [-0.15, -0.1) is 0 Å². The van der Waals surface area contributed by atoms with E-state index < -0.39 is 0 Å². The molecule has 0 radical (unpaired) electrons. The topological polar surface area (TPSA) is 18.5 Å². The molecule has 4 aliphatic rings. The van der Waals surface area contributed by atoms with Crippen molar-refractivity contribution in [2.24, 2.45) is 0 Å². The van der Waals surface area contributed by atoms with E-state index in [0.717, 1.165) is 23.0 Å². The zero-order valence-corrected chi connectivity index (χ0v) is 35.1. The van der Waals surface area contributed by atoms with E-state index in [-0.39, 0.29) is 13.4 Å². The second kappa shape index (κ2) is 12.3. The Morgan fingerprint density at radius 3 is 1.16 bits per heavy atom. The van der Waals surface area contributed by atoms with Crippen molar-refractivity contribution in [3.63, 3.8) is 0 Å². The monoisotopic (exact) mass is 790 g/mol. The van der Waals surface area contributed by atoms with Crippen LogP contribution in [0, 0.1) is 0 Å². The zero-order chi connectivity index (χ0) is 41.1. The van der Waals surface area contributed by atoms with Gasteiger partial charge < -0.3 is 9.47 Å². The summed E-state index contributed by atoms with van der Waals surface area (Å²) in [4.78, 5) is 0. The molecule has 290 valence electrons. The van der Waals surface area contributed by atoms with Crippen molar-refractivity contribution >= 4 is 78.5 Å². The summed E-state index contributed by atoms with van der Waals surface area (Å²) >= 11 is 0. The molecule has 0 atom stereocenters. The van der Waals surface area contributed by atoms with Crippen molar-refractivity contribution < 1.29 is 9.47 Å². The van der Waals surface area contributed by atoms with Gasteiger partial charge >= 0.3 is 0 Å². The first-order valence-electron chi connectivity index (χ1n) is 22.3. The van der Waals surface area contributed by atoms with Crippen LogP contribution in [0.25, 0.3) is 76.8 Å². The first-order chi connectivity index (χ1) is 30.4. The number of rotatable bonds is 4. The van der Waals surface area contributed by atoms with E-state index in [9.17, 15) is 0 Å². The molecule has 0 aromatic heterocycles. The second-order valence-electron chi connectivity index (χ2n) is 18.6. The van der Waals surface area contributed by atoms with Crippen LogP contribution < -0.4 is 42.3 Å². The number of para-hydroxylation sites is 2. The number of hydrogen-bond donors (Lipinski definition) is 0. The van der Waals surface area contributed by atoms with Gasteiger partial charge in [0.25, 0.3) is 13.4 Å². The summed E-state index contributed by atoms with van der Waals surface area (Å²) in [5.74, 6) is 4.40. The molecule has 10 aromatic rings. The standard InChI is InChI=1S/C58H40B2O2/c1-31(2)37-27-39-43-23-35(33-15-7-5-8-16-33)25-51-57(43)60(46-20-12-14-22-50(46)61-51)48-30-42-38(32(3)4)28-40-44-24-36(34-17-9-6-10-18-34)26-52-58(44)59(45-19-11-13-21-49(45)62-52)47-29-41(37)55(53(39)48)56(42)54(40)47/h5-32H,1-4H3. The molecule has 0 fully saturated rings. The quantitative estimate of drug-likeness (QED) is 0.131. The average Bonchev–Trinajstić information content (AvgIpc) is 3.30. The highest BCUT2D eigenvalue weighted by molar-refractivity contribution is 7.01. The smallest absolute Gasteiger partial charge is 0.252 e. The summed E-state index contributed by atoms with van der Waals surface area (Å²) in [6.07, 6.45) is 0. The summed E-state index contributed by atoms with van der Waals surface area (Å²) < 4.78 is 13.9. The van der Waals surface area contributed by atoms with E-state index in [0.29, 0.717) is 11.8 Å². The predicted molar refractivity (Wildman–Crippen MR) is 262 cm³/mol. The maximum absolute atomic E-state index is 6.95. The minimum Gasteiger partial charge on any atom is -0.458 e. The van der Waals surface area contributed by atoms with Crippen molar-refractivity contribution in [1.82, 2.24) is 0 Å². The Kier molecular flexibility index (Phi) is 6.87. The third kappa shape index (κ3) is 4.47. The van der Waals surface area contributed by atoms with Crippen LogP contribution in [0.15, 0.2) is 158 Å². The summed E-state index contributed by atoms with van der Waals surface area (Å²) in [6, 6.07) is 58.9. The van der Waals surface area contributed by atoms with Gasteiger partial charge in [0.2, 0.25) is 0 Å². The van der Waals surface area contributed by atoms with Gasteiger partial charge in [0.15, 0.2) is 0 Å². The van der Waals surface area contributed by atoms with Crippen molar-refractivity contribution in [3.8, 4) is 67.5 Å². The van der Waals surface area contributed by atoms with Crippen LogP contribution in [0.3, 0.4) is 0 Å². The Bertz CT molecular complexity index is 3350. The van der Waals surface area contributed by atoms with Crippen LogP contribution >= 0.6 is 0 Å². The molecule has 2 nitrogen and oxygen atoms in total. The largest absolute Gasteiger partial charge is 0.458 e. The van der Waals surface area contributed by atoms with Gasteiger partial charge in [-0.05, 0) is 170 Å². The van der Waals surface area contributed by atoms with Crippen LogP contribution in [0.2, 0.25) is 0 Å². The summed E-state index contributed by atoms with van der Waals surface area (Å²) in [7, 11) is 0. The minimum absolute atomic E-state index is 0.0323. The lowest BCUT2D eigenvalue weighted by atomic mass is 9.31. The average molecular weight is 791 g/mol. The number of benzene rings is 10. The molecule has 0 unspecified atom stereocenters. The number of fused-ring (bicyclic) bond motifs is 8. The van der Waals surface area contributed by atoms with Crippen LogP contribution in [-0.4, -0.2) is 13.4 Å². The highest BCUT2D eigenvalue weighted by Gasteiger charge is 2.44. The van der Waals surface area contributed by atoms with Gasteiger partial charge in [-0.2, -0.15) is 0 Å². The molecule has 14 rings (SSSR count). The highest BCUT2D eigenvalue weighted by Crippen LogP contribution is 2.50. The first-order valence-corrected chi connectivity index (χ1v) is 22.3. The highest BCUT2D eigenvalue weighted by atomic mass is 16.5. The Morgan fingerprint density at radius 1 is 0.339 bits per heavy atom. The fourth-order valence-electron chi connectivity index (χ4n) is 12.0. The van der Waals surface area contributed by atoms with E-state index in [2.05, 4.69) is 185 Å². The molecule has 0 spiro atoms. The van der Waals surface area contributed by atoms with E-state index in [4.69, 9.17) is 9.47 Å². The first kappa shape index (κ1) is 34.7. The lowest BCUT2D eigenvalue weighted by Gasteiger charge is -2.38. The second-order valence-corrected chi connectivity index (χ2v) is 18.6. The van der Waals surface area contributed by atoms with Crippen LogP contribution in [0.1, 0.15) is 50.7 Å². The van der Waals surface area contributed by atoms with Crippen LogP contribution in [-0.2, 0) is 0 Å². The van der Waals surface area contributed by atoms with E-state index in [1.54, 1.807) is 0 Å². The van der Waals surface area contributed by atoms with E-state index in [1.807, 2.05) is 0 Å². The van der Waals surface area contributed by atoms with Crippen LogP contribution in [0.4, 0.5) is 0 Å². The Morgan fingerprint density at radius 2 is 0.742 bits per heavy atom. The van der Waals surface area contributed by atoms with Gasteiger partial charge in [-0.1, -0.05) is 148 Å². The van der Waals surface area contributed by atoms with E-state index in [1.165, 1.54) is 121 Å². The fraction of sp³-hybridized carbons (Fsp3) is 0.103. The third-order valence-corrected chi connectivity index (χ3v) is 14.6. The minimum atomic E-state index is 0.0323. The molecular formula is C58H40B2O2. The van der Waals surface area contributed by atoms with Gasteiger partial charge in [0, 0.05) is 0 Å². The number of ether oxygens (including phenoxy) is 2. The predicted octanol–water partition coefficient (Wildman–Crippen LogP) is 11.4. The molecule has 0 aliphatic carbocycles. The van der Waals surface area contributed by atoms with E-state index >= 15 is 0 Å².